The maximum Gasteiger partial charge on any atom is 0.416 e. The van der Waals surface area contributed by atoms with Gasteiger partial charge in [-0.3, -0.25) is 4.79 Å². The molecular weight excluding hydrogens is 565 g/mol. The Morgan fingerprint density at radius 1 is 1.18 bits per heavy atom. The van der Waals surface area contributed by atoms with Gasteiger partial charge in [-0.25, -0.2) is 9.69 Å². The monoisotopic (exact) mass is 606 g/mol. The van der Waals surface area contributed by atoms with Gasteiger partial charge in [0.15, 0.2) is 17.7 Å². The van der Waals surface area contributed by atoms with Gasteiger partial charge in [0.05, 0.1) is 31.0 Å². The Labute approximate surface area is 259 Å². The Bertz CT molecular complexity index is 1380. The Balaban J connectivity index is 1.53. The van der Waals surface area contributed by atoms with Crippen LogP contribution >= 0.6 is 0 Å². The first-order chi connectivity index (χ1) is 21.0. The van der Waals surface area contributed by atoms with Crippen molar-refractivity contribution >= 4 is 36.5 Å². The molecule has 2 aliphatic rings. The van der Waals surface area contributed by atoms with Crippen molar-refractivity contribution in [3.8, 4) is 11.5 Å². The molecule has 2 aromatic rings. The first-order valence-corrected chi connectivity index (χ1v) is 14.8. The van der Waals surface area contributed by atoms with Crippen LogP contribution in [0.25, 0.3) is 0 Å². The molecule has 0 aliphatic carbocycles. The van der Waals surface area contributed by atoms with Gasteiger partial charge < -0.3 is 39.3 Å². The van der Waals surface area contributed by atoms with Gasteiger partial charge in [-0.1, -0.05) is 51.5 Å². The summed E-state index contributed by atoms with van der Waals surface area (Å²) in [7, 11) is 2.85. The van der Waals surface area contributed by atoms with E-state index in [-0.39, 0.29) is 42.6 Å². The molecule has 11 nitrogen and oxygen atoms in total. The molecular formula is C32H41BN3O8. The minimum absolute atomic E-state index is 0.0767. The largest absolute Gasteiger partial charge is 0.493 e. The molecule has 0 saturated carbocycles. The van der Waals surface area contributed by atoms with Crippen LogP contribution < -0.4 is 19.6 Å². The second kappa shape index (κ2) is 14.2. The molecule has 2 aliphatic heterocycles. The maximum atomic E-state index is 13.7. The third-order valence-electron chi connectivity index (χ3n) is 7.98. The highest BCUT2D eigenvalue weighted by Crippen LogP contribution is 2.42. The highest BCUT2D eigenvalue weighted by molar-refractivity contribution is 6.77. The van der Waals surface area contributed by atoms with Gasteiger partial charge >= 0.3 is 13.5 Å². The number of nitrogens with one attached hydrogen (secondary N) is 1. The van der Waals surface area contributed by atoms with Crippen molar-refractivity contribution in [2.75, 3.05) is 37.0 Å². The van der Waals surface area contributed by atoms with Crippen LogP contribution in [0.3, 0.4) is 0 Å². The summed E-state index contributed by atoms with van der Waals surface area (Å²) < 4.78 is 17.1. The molecule has 1 fully saturated rings. The number of methoxy groups -OCH3 is 1. The normalized spacial score (nSPS) is 17.9. The smallest absolute Gasteiger partial charge is 0.416 e. The third-order valence-corrected chi connectivity index (χ3v) is 7.98. The Morgan fingerprint density at radius 2 is 1.91 bits per heavy atom. The van der Waals surface area contributed by atoms with Crippen molar-refractivity contribution in [3.63, 3.8) is 0 Å². The predicted octanol–water partition coefficient (Wildman–Crippen LogP) is 4.09. The molecule has 4 rings (SSSR count). The molecule has 0 unspecified atom stereocenters. The third kappa shape index (κ3) is 7.19. The molecule has 12 heteroatoms. The molecule has 44 heavy (non-hydrogen) atoms. The van der Waals surface area contributed by atoms with E-state index in [9.17, 15) is 24.6 Å². The van der Waals surface area contributed by atoms with Gasteiger partial charge in [0.2, 0.25) is 0 Å². The number of carbonyl (C=O) groups excluding carboxylic acids is 3. The quantitative estimate of drug-likeness (QED) is 0.175. The Hall–Kier alpha value is -4.03. The fraction of sp³-hybridized carbons (Fsp3) is 0.469. The van der Waals surface area contributed by atoms with Gasteiger partial charge in [0.1, 0.15) is 12.3 Å². The van der Waals surface area contributed by atoms with Gasteiger partial charge in [0, 0.05) is 30.3 Å². The fourth-order valence-electron chi connectivity index (χ4n) is 5.17. The Kier molecular flexibility index (Phi) is 10.6. The van der Waals surface area contributed by atoms with E-state index in [0.717, 1.165) is 23.3 Å². The van der Waals surface area contributed by atoms with Gasteiger partial charge in [-0.2, -0.15) is 0 Å². The molecule has 0 bridgehead atoms. The zero-order valence-electron chi connectivity index (χ0n) is 25.8. The maximum absolute atomic E-state index is 13.7. The fourth-order valence-corrected chi connectivity index (χ4v) is 5.17. The number of benzene rings is 2. The molecule has 1 saturated heterocycles. The summed E-state index contributed by atoms with van der Waals surface area (Å²) >= 11 is 0. The number of amides is 2. The van der Waals surface area contributed by atoms with E-state index in [4.69, 9.17) is 14.2 Å². The lowest BCUT2D eigenvalue weighted by Crippen LogP contribution is -2.50. The summed E-state index contributed by atoms with van der Waals surface area (Å²) in [4.78, 5) is 42.4. The number of nitrogens with zero attached hydrogens (tertiary/aromatic N) is 2. The lowest BCUT2D eigenvalue weighted by atomic mass is 9.69. The highest BCUT2D eigenvalue weighted by atomic mass is 16.6. The summed E-state index contributed by atoms with van der Waals surface area (Å²) in [5.74, 6) is 0.341. The molecule has 2 heterocycles. The number of anilines is 2. The zero-order chi connectivity index (χ0) is 32.0. The van der Waals surface area contributed by atoms with Crippen molar-refractivity contribution in [1.29, 1.82) is 0 Å². The summed E-state index contributed by atoms with van der Waals surface area (Å²) in [6.07, 6.45) is 0.191. The second-order valence-corrected chi connectivity index (χ2v) is 11.7. The number of rotatable bonds is 13. The number of carbonyl (C=O) groups is 3. The van der Waals surface area contributed by atoms with E-state index >= 15 is 0 Å². The van der Waals surface area contributed by atoms with E-state index in [0.29, 0.717) is 42.2 Å². The van der Waals surface area contributed by atoms with E-state index in [1.165, 1.54) is 25.5 Å². The zero-order valence-corrected chi connectivity index (χ0v) is 25.8. The molecule has 0 spiro atoms. The van der Waals surface area contributed by atoms with Crippen LogP contribution in [0, 0.1) is 5.41 Å². The first-order valence-electron chi connectivity index (χ1n) is 14.8. The van der Waals surface area contributed by atoms with E-state index < -0.39 is 23.8 Å². The SMILES string of the molecule is C=C1C[C@H]2[C@H](O)N(C(=O)OCc3ccc(N[B]C(=O)C(C)(C)CCO)cc3)c3cc(OCCCC)c(OC)cc3C(=O)N2C1. The summed E-state index contributed by atoms with van der Waals surface area (Å²) in [6.45, 7) is 10.1. The van der Waals surface area contributed by atoms with Crippen LogP contribution in [-0.4, -0.2) is 79.3 Å². The van der Waals surface area contributed by atoms with Crippen LogP contribution in [0.15, 0.2) is 48.6 Å². The van der Waals surface area contributed by atoms with Crippen LogP contribution in [0.2, 0.25) is 0 Å². The molecule has 0 aromatic heterocycles. The second-order valence-electron chi connectivity index (χ2n) is 11.7. The molecule has 1 radical (unpaired) electrons. The minimum atomic E-state index is -1.39. The first kappa shape index (κ1) is 32.9. The van der Waals surface area contributed by atoms with Crippen LogP contribution in [0.5, 0.6) is 11.5 Å². The molecule has 2 atom stereocenters. The summed E-state index contributed by atoms with van der Waals surface area (Å²) in [5.41, 5.74) is 1.63. The number of hydrogen-bond donors (Lipinski definition) is 3. The van der Waals surface area contributed by atoms with E-state index in [1.54, 1.807) is 44.2 Å². The average molecular weight is 607 g/mol. The predicted molar refractivity (Wildman–Crippen MR) is 167 cm³/mol. The number of ether oxygens (including phenoxy) is 3. The van der Waals surface area contributed by atoms with Gasteiger partial charge in [-0.05, 0) is 43.0 Å². The van der Waals surface area contributed by atoms with Crippen molar-refractivity contribution in [2.24, 2.45) is 5.41 Å². The van der Waals surface area contributed by atoms with Crippen molar-refractivity contribution < 1.29 is 38.8 Å². The minimum Gasteiger partial charge on any atom is -0.493 e. The summed E-state index contributed by atoms with van der Waals surface area (Å²) in [5, 5.41) is 23.6. The molecule has 3 N–H and O–H groups in total. The van der Waals surface area contributed by atoms with E-state index in [1.807, 2.05) is 6.92 Å². The van der Waals surface area contributed by atoms with Crippen molar-refractivity contribution in [2.45, 2.75) is 65.3 Å². The Morgan fingerprint density at radius 3 is 2.57 bits per heavy atom. The molecule has 2 amide bonds. The van der Waals surface area contributed by atoms with E-state index in [2.05, 4.69) is 11.8 Å². The van der Waals surface area contributed by atoms with Gasteiger partial charge in [0.25, 0.3) is 5.91 Å². The molecule has 235 valence electrons. The number of hydrogen-bond acceptors (Lipinski definition) is 9. The lowest BCUT2D eigenvalue weighted by molar-refractivity contribution is -0.120. The van der Waals surface area contributed by atoms with Crippen LogP contribution in [-0.2, 0) is 16.1 Å². The number of fused-ring (bicyclic) bond motifs is 2. The van der Waals surface area contributed by atoms with Crippen molar-refractivity contribution in [1.82, 2.24) is 4.90 Å². The number of unbranched alkanes of at least 4 members (excludes halogenated alkanes) is 1. The standard InChI is InChI=1S/C32H41BN3O8/c1-6-7-14-43-27-17-24-23(16-26(27)42-5)28(38)35-18-20(2)15-25(35)29(39)36(24)31(41)44-19-21-8-10-22(11-9-21)34-33-30(40)32(3,4)12-13-37/h8-11,16-17,25,29,34,37,39H,2,6-7,12-15,18-19H2,1,3-5H3/t25-,29-/m0/s1. The van der Waals surface area contributed by atoms with Gasteiger partial charge in [-0.15, -0.1) is 0 Å². The highest BCUT2D eigenvalue weighted by Gasteiger charge is 2.46. The summed E-state index contributed by atoms with van der Waals surface area (Å²) in [6, 6.07) is 9.37. The number of aliphatic hydroxyl groups is 2. The topological polar surface area (TPSA) is 138 Å². The number of aliphatic hydroxyl groups excluding tert-OH is 2. The van der Waals surface area contributed by atoms with Crippen LogP contribution in [0.4, 0.5) is 16.2 Å². The van der Waals surface area contributed by atoms with Crippen LogP contribution in [0.1, 0.15) is 62.4 Å². The lowest BCUT2D eigenvalue weighted by Gasteiger charge is -2.31. The average Bonchev–Trinajstić information content (AvgIpc) is 3.37. The molecule has 2 aromatic carbocycles. The van der Waals surface area contributed by atoms with Crippen molar-refractivity contribution in [3.05, 3.63) is 59.7 Å².